The summed E-state index contributed by atoms with van der Waals surface area (Å²) in [6.07, 6.45) is 0. The van der Waals surface area contributed by atoms with Gasteiger partial charge in [-0.1, -0.05) is 0 Å². The number of carbonyl (C=O) groups excluding carboxylic acids is 1. The first-order chi connectivity index (χ1) is 13.8. The van der Waals surface area contributed by atoms with E-state index in [2.05, 4.69) is 72.8 Å². The molecule has 0 heterocycles. The molecule has 0 spiro atoms. The quantitative estimate of drug-likeness (QED) is 0.306. The second-order valence-corrected chi connectivity index (χ2v) is 16.7. The zero-order valence-electron chi connectivity index (χ0n) is 15.6. The summed E-state index contributed by atoms with van der Waals surface area (Å²) in [6, 6.07) is 41.7. The van der Waals surface area contributed by atoms with Crippen LogP contribution in [0, 0.1) is 0 Å². The Labute approximate surface area is 170 Å². The van der Waals surface area contributed by atoms with E-state index in [0.29, 0.717) is 4.37 Å². The van der Waals surface area contributed by atoms with Crippen molar-refractivity contribution in [3.8, 4) is 0 Å². The number of ketones is 1. The minimum atomic E-state index is -3.39. The van der Waals surface area contributed by atoms with Gasteiger partial charge in [-0.25, -0.2) is 0 Å². The first-order valence-corrected chi connectivity index (χ1v) is 15.1. The summed E-state index contributed by atoms with van der Waals surface area (Å²) in [5.41, 5.74) is 0.795. The molecule has 0 aliphatic heterocycles. The molecule has 0 bridgehead atoms. The molecule has 4 aromatic carbocycles. The van der Waals surface area contributed by atoms with Crippen LogP contribution in [-0.4, -0.2) is 24.6 Å². The van der Waals surface area contributed by atoms with Gasteiger partial charge in [0.05, 0.1) is 0 Å². The van der Waals surface area contributed by atoms with Crippen LogP contribution in [-0.2, 0) is 0 Å². The van der Waals surface area contributed by atoms with Gasteiger partial charge in [0.2, 0.25) is 0 Å². The van der Waals surface area contributed by atoms with Crippen molar-refractivity contribution in [2.24, 2.45) is 0 Å². The van der Waals surface area contributed by atoms with E-state index < -0.39 is 18.8 Å². The molecule has 4 aromatic rings. The molecule has 0 saturated carbocycles. The van der Waals surface area contributed by atoms with Crippen molar-refractivity contribution < 1.29 is 4.79 Å². The van der Waals surface area contributed by atoms with Gasteiger partial charge in [0.1, 0.15) is 0 Å². The molecular formula is C26H22OSb. The van der Waals surface area contributed by atoms with E-state index in [1.807, 2.05) is 48.5 Å². The molecule has 0 fully saturated rings. The van der Waals surface area contributed by atoms with E-state index in [1.165, 1.54) is 10.5 Å². The number of hydrogen-bond acceptors (Lipinski definition) is 1. The molecule has 0 aliphatic carbocycles. The first kappa shape index (κ1) is 18.7. The van der Waals surface area contributed by atoms with Crippen LogP contribution in [0.3, 0.4) is 0 Å². The third-order valence-corrected chi connectivity index (χ3v) is 17.3. The van der Waals surface area contributed by atoms with Gasteiger partial charge in [-0.15, -0.1) is 0 Å². The summed E-state index contributed by atoms with van der Waals surface area (Å²) in [5, 5.41) is 0. The van der Waals surface area contributed by atoms with E-state index in [0.717, 1.165) is 5.56 Å². The van der Waals surface area contributed by atoms with Crippen molar-refractivity contribution in [3.05, 3.63) is 127 Å². The Bertz CT molecular complexity index is 932. The van der Waals surface area contributed by atoms with E-state index in [9.17, 15) is 4.79 Å². The Morgan fingerprint density at radius 3 is 1.18 bits per heavy atom. The molecule has 1 nitrogen and oxygen atoms in total. The molecule has 28 heavy (non-hydrogen) atoms. The molecule has 2 heteroatoms. The standard InChI is InChI=1S/C8H7O.3C6H5.Sb/c1-7(9)8-5-3-2-4-6-8;3*1-2-4-6-5-3-1;/h2-6H,1H2;3*1-5H;. The fourth-order valence-electron chi connectivity index (χ4n) is 3.70. The molecule has 0 amide bonds. The van der Waals surface area contributed by atoms with Gasteiger partial charge in [0.25, 0.3) is 0 Å². The van der Waals surface area contributed by atoms with Gasteiger partial charge in [0, 0.05) is 0 Å². The Kier molecular flexibility index (Phi) is 5.74. The van der Waals surface area contributed by atoms with Gasteiger partial charge < -0.3 is 0 Å². The van der Waals surface area contributed by atoms with E-state index in [4.69, 9.17) is 0 Å². The molecular weight excluding hydrogens is 450 g/mol. The Hall–Kier alpha value is -2.63. The molecule has 0 N–H and O–H groups in total. The van der Waals surface area contributed by atoms with Crippen LogP contribution in [0.2, 0.25) is 4.37 Å². The molecule has 0 saturated heterocycles. The van der Waals surface area contributed by atoms with Crippen LogP contribution in [0.1, 0.15) is 10.4 Å². The zero-order chi connectivity index (χ0) is 19.2. The van der Waals surface area contributed by atoms with Gasteiger partial charge in [0.15, 0.2) is 0 Å². The van der Waals surface area contributed by atoms with Crippen LogP contribution >= 0.6 is 0 Å². The van der Waals surface area contributed by atoms with Crippen molar-refractivity contribution in [1.82, 2.24) is 0 Å². The molecule has 4 rings (SSSR count). The van der Waals surface area contributed by atoms with Gasteiger partial charge in [-0.2, -0.15) is 0 Å². The Morgan fingerprint density at radius 2 is 0.821 bits per heavy atom. The predicted octanol–water partition coefficient (Wildman–Crippen LogP) is 4.04. The van der Waals surface area contributed by atoms with E-state index >= 15 is 0 Å². The average molecular weight is 472 g/mol. The fourth-order valence-corrected chi connectivity index (χ4v) is 15.4. The fraction of sp³-hybridized carbons (Fsp3) is 0.0385. The number of hydrogen-bond donors (Lipinski definition) is 0. The van der Waals surface area contributed by atoms with Crippen LogP contribution < -0.4 is 10.5 Å². The Morgan fingerprint density at radius 1 is 0.500 bits per heavy atom. The van der Waals surface area contributed by atoms with Crippen LogP contribution in [0.25, 0.3) is 0 Å². The van der Waals surface area contributed by atoms with E-state index in [-0.39, 0.29) is 5.78 Å². The van der Waals surface area contributed by atoms with Crippen molar-refractivity contribution >= 4 is 35.1 Å². The third kappa shape index (κ3) is 3.68. The summed E-state index contributed by atoms with van der Waals surface area (Å²) >= 11 is -3.39. The molecule has 0 aliphatic rings. The van der Waals surface area contributed by atoms with Crippen molar-refractivity contribution in [2.45, 2.75) is 4.37 Å². The molecule has 0 unspecified atom stereocenters. The van der Waals surface area contributed by atoms with Crippen molar-refractivity contribution in [1.29, 1.82) is 0 Å². The zero-order valence-corrected chi connectivity index (χ0v) is 18.2. The third-order valence-electron chi connectivity index (χ3n) is 5.07. The monoisotopic (exact) mass is 471 g/mol. The number of benzene rings is 4. The van der Waals surface area contributed by atoms with Crippen LogP contribution in [0.5, 0.6) is 0 Å². The van der Waals surface area contributed by atoms with Crippen LogP contribution in [0.4, 0.5) is 0 Å². The summed E-state index contributed by atoms with van der Waals surface area (Å²) in [5.74, 6) is 0.225. The topological polar surface area (TPSA) is 17.1 Å². The molecule has 0 aromatic heterocycles. The summed E-state index contributed by atoms with van der Waals surface area (Å²) in [7, 11) is 0. The number of rotatable bonds is 6. The number of carbonyl (C=O) groups is 1. The normalized spacial score (nSPS) is 11.1. The predicted molar refractivity (Wildman–Crippen MR) is 120 cm³/mol. The van der Waals surface area contributed by atoms with Gasteiger partial charge in [-0.3, -0.25) is 0 Å². The minimum absolute atomic E-state index is 0.225. The van der Waals surface area contributed by atoms with Crippen molar-refractivity contribution in [3.63, 3.8) is 0 Å². The summed E-state index contributed by atoms with van der Waals surface area (Å²) < 4.78 is 4.54. The van der Waals surface area contributed by atoms with Crippen LogP contribution in [0.15, 0.2) is 121 Å². The van der Waals surface area contributed by atoms with Crippen molar-refractivity contribution in [2.75, 3.05) is 0 Å². The average Bonchev–Trinajstić information content (AvgIpc) is 2.80. The maximum atomic E-state index is 13.4. The first-order valence-electron chi connectivity index (χ1n) is 9.44. The maximum absolute atomic E-state index is 13.4. The summed E-state index contributed by atoms with van der Waals surface area (Å²) in [4.78, 5) is 13.4. The molecule has 1 radical (unpaired) electrons. The summed E-state index contributed by atoms with van der Waals surface area (Å²) in [6.45, 7) is 0. The number of Topliss-reactive ketones (excluding diaryl/α,β-unsaturated/α-hetero) is 1. The molecule has 137 valence electrons. The molecule has 0 atom stereocenters. The Balaban J connectivity index is 1.95. The van der Waals surface area contributed by atoms with Gasteiger partial charge >= 0.3 is 171 Å². The SMILES string of the molecule is O=C([CH2][Sb]([c]1ccccc1)([c]1ccccc1)[c]1ccccc1)c1ccccc1. The van der Waals surface area contributed by atoms with E-state index in [1.54, 1.807) is 0 Å². The second kappa shape index (κ2) is 8.59. The van der Waals surface area contributed by atoms with Gasteiger partial charge in [-0.05, 0) is 0 Å². The second-order valence-electron chi connectivity index (χ2n) is 6.76.